The lowest BCUT2D eigenvalue weighted by Gasteiger charge is -2.03. The van der Waals surface area contributed by atoms with Crippen LogP contribution in [0.3, 0.4) is 0 Å². The van der Waals surface area contributed by atoms with Gasteiger partial charge in [0.2, 0.25) is 11.7 Å². The first kappa shape index (κ1) is 12.1. The largest absolute Gasteiger partial charge is 0.482 e. The molecular weight excluding hydrogens is 236 g/mol. The molecule has 0 radical (unpaired) electrons. The average Bonchev–Trinajstić information content (AvgIpc) is 2.85. The Kier molecular flexibility index (Phi) is 3.57. The van der Waals surface area contributed by atoms with E-state index < -0.39 is 5.97 Å². The first-order valence-corrected chi connectivity index (χ1v) is 5.46. The van der Waals surface area contributed by atoms with Gasteiger partial charge < -0.3 is 14.4 Å². The predicted octanol–water partition coefficient (Wildman–Crippen LogP) is 1.76. The van der Waals surface area contributed by atoms with Gasteiger partial charge >= 0.3 is 5.97 Å². The van der Waals surface area contributed by atoms with Gasteiger partial charge in [-0.1, -0.05) is 24.2 Å². The standard InChI is InChI=1S/C12H12N2O4/c1-2-10-13-12(14-18-10)8-4-3-5-9(6-8)17-7-11(15)16/h3-6H,2,7H2,1H3,(H,15,16). The number of carbonyl (C=O) groups is 1. The van der Waals surface area contributed by atoms with Crippen molar-refractivity contribution in [3.05, 3.63) is 30.2 Å². The summed E-state index contributed by atoms with van der Waals surface area (Å²) in [5, 5.41) is 12.4. The van der Waals surface area contributed by atoms with Gasteiger partial charge in [-0.05, 0) is 12.1 Å². The van der Waals surface area contributed by atoms with Crippen LogP contribution in [0.5, 0.6) is 5.75 Å². The fraction of sp³-hybridized carbons (Fsp3) is 0.250. The first-order chi connectivity index (χ1) is 8.69. The van der Waals surface area contributed by atoms with Gasteiger partial charge in [-0.3, -0.25) is 0 Å². The fourth-order valence-corrected chi connectivity index (χ4v) is 1.39. The molecule has 0 saturated heterocycles. The number of ether oxygens (including phenoxy) is 1. The molecule has 0 aliphatic rings. The third-order valence-electron chi connectivity index (χ3n) is 2.23. The van der Waals surface area contributed by atoms with Crippen LogP contribution in [-0.4, -0.2) is 27.8 Å². The maximum atomic E-state index is 10.4. The average molecular weight is 248 g/mol. The van der Waals surface area contributed by atoms with Crippen LogP contribution < -0.4 is 4.74 Å². The minimum absolute atomic E-state index is 0.379. The zero-order valence-electron chi connectivity index (χ0n) is 9.79. The smallest absolute Gasteiger partial charge is 0.341 e. The Hall–Kier alpha value is -2.37. The minimum Gasteiger partial charge on any atom is -0.482 e. The van der Waals surface area contributed by atoms with E-state index in [9.17, 15) is 4.79 Å². The van der Waals surface area contributed by atoms with E-state index in [2.05, 4.69) is 10.1 Å². The van der Waals surface area contributed by atoms with Gasteiger partial charge in [-0.2, -0.15) is 4.98 Å². The van der Waals surface area contributed by atoms with Crippen LogP contribution in [0.25, 0.3) is 11.4 Å². The first-order valence-electron chi connectivity index (χ1n) is 5.46. The summed E-state index contributed by atoms with van der Waals surface area (Å²) in [6, 6.07) is 6.90. The highest BCUT2D eigenvalue weighted by Crippen LogP contribution is 2.21. The van der Waals surface area contributed by atoms with Crippen molar-refractivity contribution in [3.63, 3.8) is 0 Å². The molecule has 6 heteroatoms. The van der Waals surface area contributed by atoms with Gasteiger partial charge in [0, 0.05) is 12.0 Å². The van der Waals surface area contributed by atoms with E-state index in [1.165, 1.54) is 0 Å². The van der Waals surface area contributed by atoms with Crippen molar-refractivity contribution in [3.8, 4) is 17.1 Å². The Labute approximate surface area is 103 Å². The molecule has 1 aromatic heterocycles. The Morgan fingerprint density at radius 3 is 3.00 bits per heavy atom. The molecule has 1 aromatic carbocycles. The molecular formula is C12H12N2O4. The molecule has 6 nitrogen and oxygen atoms in total. The molecule has 2 rings (SSSR count). The molecule has 0 atom stereocenters. The maximum absolute atomic E-state index is 10.4. The second-order valence-corrected chi connectivity index (χ2v) is 3.58. The summed E-state index contributed by atoms with van der Waals surface area (Å²) in [6.45, 7) is 1.54. The molecule has 1 heterocycles. The van der Waals surface area contributed by atoms with E-state index in [0.717, 1.165) is 5.56 Å². The SMILES string of the molecule is CCc1nc(-c2cccc(OCC(=O)O)c2)no1. The van der Waals surface area contributed by atoms with Crippen molar-refractivity contribution in [2.24, 2.45) is 0 Å². The maximum Gasteiger partial charge on any atom is 0.341 e. The number of benzene rings is 1. The number of hydrogen-bond donors (Lipinski definition) is 1. The van der Waals surface area contributed by atoms with E-state index >= 15 is 0 Å². The Balaban J connectivity index is 2.18. The van der Waals surface area contributed by atoms with Crippen molar-refractivity contribution in [1.29, 1.82) is 0 Å². The molecule has 0 amide bonds. The zero-order valence-corrected chi connectivity index (χ0v) is 9.79. The highest BCUT2D eigenvalue weighted by molar-refractivity contribution is 5.68. The second kappa shape index (κ2) is 5.31. The fourth-order valence-electron chi connectivity index (χ4n) is 1.39. The van der Waals surface area contributed by atoms with E-state index in [1.54, 1.807) is 24.3 Å². The van der Waals surface area contributed by atoms with Crippen molar-refractivity contribution in [1.82, 2.24) is 10.1 Å². The predicted molar refractivity (Wildman–Crippen MR) is 62.2 cm³/mol. The van der Waals surface area contributed by atoms with Gasteiger partial charge in [-0.25, -0.2) is 4.79 Å². The van der Waals surface area contributed by atoms with Crippen LogP contribution in [0.15, 0.2) is 28.8 Å². The van der Waals surface area contributed by atoms with E-state index in [-0.39, 0.29) is 6.61 Å². The number of aliphatic carboxylic acids is 1. The number of carboxylic acids is 1. The lowest BCUT2D eigenvalue weighted by atomic mass is 10.2. The normalized spacial score (nSPS) is 10.3. The van der Waals surface area contributed by atoms with Gasteiger partial charge in [0.05, 0.1) is 0 Å². The van der Waals surface area contributed by atoms with Crippen LogP contribution in [0.4, 0.5) is 0 Å². The molecule has 1 N–H and O–H groups in total. The van der Waals surface area contributed by atoms with Crippen molar-refractivity contribution in [2.75, 3.05) is 6.61 Å². The van der Waals surface area contributed by atoms with Gasteiger partial charge in [0.1, 0.15) is 5.75 Å². The molecule has 0 unspecified atom stereocenters. The number of nitrogens with zero attached hydrogens (tertiary/aromatic N) is 2. The van der Waals surface area contributed by atoms with E-state index in [0.29, 0.717) is 23.9 Å². The molecule has 0 saturated carbocycles. The van der Waals surface area contributed by atoms with Crippen molar-refractivity contribution >= 4 is 5.97 Å². The molecule has 0 bridgehead atoms. The molecule has 0 aliphatic carbocycles. The highest BCUT2D eigenvalue weighted by Gasteiger charge is 2.08. The summed E-state index contributed by atoms with van der Waals surface area (Å²) in [7, 11) is 0. The summed E-state index contributed by atoms with van der Waals surface area (Å²) >= 11 is 0. The van der Waals surface area contributed by atoms with Crippen LogP contribution >= 0.6 is 0 Å². The van der Waals surface area contributed by atoms with Crippen LogP contribution in [0, 0.1) is 0 Å². The quantitative estimate of drug-likeness (QED) is 0.867. The number of rotatable bonds is 5. The summed E-state index contributed by atoms with van der Waals surface area (Å²) in [5.74, 6) is 0.459. The lowest BCUT2D eigenvalue weighted by molar-refractivity contribution is -0.139. The van der Waals surface area contributed by atoms with Gasteiger partial charge in [0.25, 0.3) is 0 Å². The third kappa shape index (κ3) is 2.85. The van der Waals surface area contributed by atoms with Gasteiger partial charge in [0.15, 0.2) is 6.61 Å². The number of carboxylic acid groups (broad SMARTS) is 1. The molecule has 0 fully saturated rings. The Bertz CT molecular complexity index is 551. The molecule has 94 valence electrons. The van der Waals surface area contributed by atoms with Crippen LogP contribution in [0.1, 0.15) is 12.8 Å². The van der Waals surface area contributed by atoms with Gasteiger partial charge in [-0.15, -0.1) is 0 Å². The summed E-state index contributed by atoms with van der Waals surface area (Å²) in [4.78, 5) is 14.6. The third-order valence-corrected chi connectivity index (χ3v) is 2.23. The number of aromatic nitrogens is 2. The molecule has 2 aromatic rings. The van der Waals surface area contributed by atoms with Crippen LogP contribution in [-0.2, 0) is 11.2 Å². The lowest BCUT2D eigenvalue weighted by Crippen LogP contribution is -2.09. The van der Waals surface area contributed by atoms with Crippen molar-refractivity contribution < 1.29 is 19.2 Å². The summed E-state index contributed by atoms with van der Waals surface area (Å²) in [5.41, 5.74) is 0.723. The van der Waals surface area contributed by atoms with E-state index in [4.69, 9.17) is 14.4 Å². The summed E-state index contributed by atoms with van der Waals surface area (Å²) < 4.78 is 10.1. The number of aryl methyl sites for hydroxylation is 1. The zero-order chi connectivity index (χ0) is 13.0. The molecule has 18 heavy (non-hydrogen) atoms. The minimum atomic E-state index is -1.02. The Morgan fingerprint density at radius 2 is 2.33 bits per heavy atom. The van der Waals surface area contributed by atoms with Crippen LogP contribution in [0.2, 0.25) is 0 Å². The monoisotopic (exact) mass is 248 g/mol. The van der Waals surface area contributed by atoms with Crippen molar-refractivity contribution in [2.45, 2.75) is 13.3 Å². The Morgan fingerprint density at radius 1 is 1.50 bits per heavy atom. The number of hydrogen-bond acceptors (Lipinski definition) is 5. The topological polar surface area (TPSA) is 85.5 Å². The summed E-state index contributed by atoms with van der Waals surface area (Å²) in [6.07, 6.45) is 0.669. The second-order valence-electron chi connectivity index (χ2n) is 3.58. The highest BCUT2D eigenvalue weighted by atomic mass is 16.5. The molecule has 0 aliphatic heterocycles. The molecule has 0 spiro atoms. The van der Waals surface area contributed by atoms with E-state index in [1.807, 2.05) is 6.92 Å².